The van der Waals surface area contributed by atoms with E-state index in [-0.39, 0.29) is 29.4 Å². The molecule has 3 N–H and O–H groups in total. The lowest BCUT2D eigenvalue weighted by Gasteiger charge is -2.25. The number of aromatic nitrogens is 2. The van der Waals surface area contributed by atoms with Crippen LogP contribution in [-0.4, -0.2) is 51.9 Å². The maximum absolute atomic E-state index is 12.7. The van der Waals surface area contributed by atoms with Gasteiger partial charge in [0.15, 0.2) is 0 Å². The van der Waals surface area contributed by atoms with Crippen molar-refractivity contribution in [2.24, 2.45) is 0 Å². The first-order valence-corrected chi connectivity index (χ1v) is 9.20. The summed E-state index contributed by atoms with van der Waals surface area (Å²) < 4.78 is 0. The van der Waals surface area contributed by atoms with Gasteiger partial charge < -0.3 is 10.6 Å². The van der Waals surface area contributed by atoms with Gasteiger partial charge >= 0.3 is 0 Å². The van der Waals surface area contributed by atoms with Gasteiger partial charge in [0.1, 0.15) is 0 Å². The van der Waals surface area contributed by atoms with Gasteiger partial charge in [0.05, 0.1) is 11.6 Å². The van der Waals surface area contributed by atoms with Crippen LogP contribution in [0.3, 0.4) is 0 Å². The number of thiophene rings is 1. The van der Waals surface area contributed by atoms with Crippen LogP contribution in [0.5, 0.6) is 0 Å². The second kappa shape index (κ2) is 7.37. The number of anilines is 1. The molecule has 0 bridgehead atoms. The molecule has 2 atom stereocenters. The first-order valence-electron chi connectivity index (χ1n) is 8.32. The highest BCUT2D eigenvalue weighted by atomic mass is 32.1. The Hall–Kier alpha value is -2.19. The Kier molecular flexibility index (Phi) is 5.19. The quantitative estimate of drug-likeness (QED) is 0.836. The van der Waals surface area contributed by atoms with E-state index >= 15 is 0 Å². The van der Waals surface area contributed by atoms with Crippen molar-refractivity contribution in [3.63, 3.8) is 0 Å². The Bertz CT molecular complexity index is 789. The van der Waals surface area contributed by atoms with Crippen LogP contribution in [0, 0.1) is 0 Å². The minimum absolute atomic E-state index is 0.0989. The molecule has 0 radical (unpaired) electrons. The van der Waals surface area contributed by atoms with E-state index in [0.717, 1.165) is 17.8 Å². The molecule has 25 heavy (non-hydrogen) atoms. The molecule has 0 unspecified atom stereocenters. The lowest BCUT2D eigenvalue weighted by atomic mass is 10.1. The number of likely N-dealkylation sites (tertiary alicyclic amines) is 1. The number of nitrogens with one attached hydrogen (secondary N) is 1. The number of nitrogens with two attached hydrogens (primary N) is 1. The monoisotopic (exact) mass is 361 g/mol. The summed E-state index contributed by atoms with van der Waals surface area (Å²) in [6, 6.07) is 5.70. The van der Waals surface area contributed by atoms with Crippen molar-refractivity contribution in [1.29, 1.82) is 0 Å². The summed E-state index contributed by atoms with van der Waals surface area (Å²) in [6.07, 6.45) is 0.915. The number of hydrogen-bond donors (Lipinski definition) is 2. The fraction of sp³-hybridized carbons (Fsp3) is 0.471. The molecular weight excluding hydrogens is 338 g/mol. The third-order valence-electron chi connectivity index (χ3n) is 4.66. The minimum atomic E-state index is -0.246. The van der Waals surface area contributed by atoms with E-state index < -0.39 is 0 Å². The molecular formula is C17H23N5O2S. The van der Waals surface area contributed by atoms with Crippen LogP contribution in [-0.2, 0) is 11.3 Å². The van der Waals surface area contributed by atoms with Crippen molar-refractivity contribution in [3.8, 4) is 0 Å². The number of likely N-dealkylation sites (N-methyl/N-ethyl adjacent to an activating group) is 1. The summed E-state index contributed by atoms with van der Waals surface area (Å²) in [7, 11) is 1.99. The number of carbonyl (C=O) groups is 1. The molecule has 2 aromatic rings. The second-order valence-electron chi connectivity index (χ2n) is 6.50. The molecule has 0 aromatic carbocycles. The van der Waals surface area contributed by atoms with Crippen molar-refractivity contribution in [2.75, 3.05) is 25.9 Å². The summed E-state index contributed by atoms with van der Waals surface area (Å²) in [5.41, 5.74) is 5.99. The van der Waals surface area contributed by atoms with Crippen LogP contribution in [0.25, 0.3) is 0 Å². The topological polar surface area (TPSA) is 95.3 Å². The van der Waals surface area contributed by atoms with E-state index in [4.69, 9.17) is 5.73 Å². The molecule has 1 aliphatic rings. The van der Waals surface area contributed by atoms with Crippen molar-refractivity contribution in [3.05, 3.63) is 44.5 Å². The molecule has 2 aromatic heterocycles. The lowest BCUT2D eigenvalue weighted by Crippen LogP contribution is -2.37. The number of amides is 1. The fourth-order valence-corrected chi connectivity index (χ4v) is 4.01. The zero-order valence-electron chi connectivity index (χ0n) is 14.4. The molecule has 1 aliphatic heterocycles. The average molecular weight is 361 g/mol. The largest absolute Gasteiger partial charge is 0.369 e. The third kappa shape index (κ3) is 4.08. The molecule has 0 aliphatic carbocycles. The first-order chi connectivity index (χ1) is 11.9. The molecule has 1 amide bonds. The average Bonchev–Trinajstić information content (AvgIpc) is 3.24. The van der Waals surface area contributed by atoms with E-state index in [9.17, 15) is 9.59 Å². The second-order valence-corrected chi connectivity index (χ2v) is 7.48. The Morgan fingerprint density at radius 3 is 3.08 bits per heavy atom. The molecule has 3 rings (SSSR count). The van der Waals surface area contributed by atoms with Gasteiger partial charge in [0, 0.05) is 36.6 Å². The number of aromatic amines is 1. The summed E-state index contributed by atoms with van der Waals surface area (Å²) in [5, 5.41) is 2.00. The molecule has 0 spiro atoms. The molecule has 3 heterocycles. The smallest absolute Gasteiger partial charge is 0.252 e. The zero-order valence-corrected chi connectivity index (χ0v) is 15.3. The van der Waals surface area contributed by atoms with Crippen molar-refractivity contribution >= 4 is 23.2 Å². The predicted octanol–water partition coefficient (Wildman–Crippen LogP) is 1.25. The standard InChI is InChI=1S/C17H23N5O2S/c1-11(14-4-3-7-25-14)16(24)22-6-5-13(10-22)21(2)9-12-8-15(23)20-17(18)19-12/h3-4,7-8,11,13H,5-6,9-10H2,1-2H3,(H3,18,19,20,23)/t11-,13+/m1/s1. The highest BCUT2D eigenvalue weighted by molar-refractivity contribution is 7.10. The van der Waals surface area contributed by atoms with Gasteiger partial charge in [-0.2, -0.15) is 0 Å². The van der Waals surface area contributed by atoms with Crippen molar-refractivity contribution < 1.29 is 4.79 Å². The number of nitrogens with zero attached hydrogens (tertiary/aromatic N) is 3. The highest BCUT2D eigenvalue weighted by Crippen LogP contribution is 2.25. The SMILES string of the molecule is C[C@@H](C(=O)N1CC[C@H](N(C)Cc2cc(=O)[nH]c(N)n2)C1)c1cccs1. The molecule has 1 saturated heterocycles. The maximum Gasteiger partial charge on any atom is 0.252 e. The molecule has 7 nitrogen and oxygen atoms in total. The summed E-state index contributed by atoms with van der Waals surface area (Å²) in [4.78, 5) is 36.0. The van der Waals surface area contributed by atoms with Gasteiger partial charge in [-0.1, -0.05) is 6.07 Å². The molecule has 0 saturated carbocycles. The van der Waals surface area contributed by atoms with Crippen molar-refractivity contribution in [2.45, 2.75) is 31.8 Å². The number of nitrogen functional groups attached to an aromatic ring is 1. The van der Waals surface area contributed by atoms with Gasteiger partial charge in [-0.3, -0.25) is 19.5 Å². The normalized spacial score (nSPS) is 18.7. The molecule has 134 valence electrons. The van der Waals surface area contributed by atoms with Gasteiger partial charge in [0.2, 0.25) is 11.9 Å². The number of H-pyrrole nitrogens is 1. The van der Waals surface area contributed by atoms with E-state index in [1.165, 1.54) is 6.07 Å². The van der Waals surface area contributed by atoms with E-state index in [1.807, 2.05) is 36.4 Å². The van der Waals surface area contributed by atoms with Crippen LogP contribution >= 0.6 is 11.3 Å². The maximum atomic E-state index is 12.7. The molecule has 8 heteroatoms. The summed E-state index contributed by atoms with van der Waals surface area (Å²) in [5.74, 6) is 0.207. The van der Waals surface area contributed by atoms with Gasteiger partial charge in [-0.05, 0) is 31.8 Å². The zero-order chi connectivity index (χ0) is 18.0. The minimum Gasteiger partial charge on any atom is -0.369 e. The molecule has 1 fully saturated rings. The third-order valence-corrected chi connectivity index (χ3v) is 5.72. The number of rotatable bonds is 5. The Morgan fingerprint density at radius 1 is 1.60 bits per heavy atom. The van der Waals surface area contributed by atoms with E-state index in [1.54, 1.807) is 11.3 Å². The predicted molar refractivity (Wildman–Crippen MR) is 98.5 cm³/mol. The van der Waals surface area contributed by atoms with Gasteiger partial charge in [0.25, 0.3) is 5.56 Å². The Morgan fingerprint density at radius 2 is 2.40 bits per heavy atom. The number of carbonyl (C=O) groups excluding carboxylic acids is 1. The Balaban J connectivity index is 1.60. The first kappa shape index (κ1) is 17.6. The van der Waals surface area contributed by atoms with Gasteiger partial charge in [-0.25, -0.2) is 4.98 Å². The summed E-state index contributed by atoms with van der Waals surface area (Å²) >= 11 is 1.62. The van der Waals surface area contributed by atoms with Gasteiger partial charge in [-0.15, -0.1) is 11.3 Å². The fourth-order valence-electron chi connectivity index (χ4n) is 3.23. The van der Waals surface area contributed by atoms with Crippen LogP contribution < -0.4 is 11.3 Å². The van der Waals surface area contributed by atoms with Crippen LogP contribution in [0.1, 0.15) is 29.8 Å². The lowest BCUT2D eigenvalue weighted by molar-refractivity contribution is -0.131. The van der Waals surface area contributed by atoms with Crippen LogP contribution in [0.4, 0.5) is 5.95 Å². The number of hydrogen-bond acceptors (Lipinski definition) is 6. The van der Waals surface area contributed by atoms with E-state index in [2.05, 4.69) is 14.9 Å². The van der Waals surface area contributed by atoms with Crippen LogP contribution in [0.15, 0.2) is 28.4 Å². The van der Waals surface area contributed by atoms with Crippen molar-refractivity contribution in [1.82, 2.24) is 19.8 Å². The van der Waals surface area contributed by atoms with Crippen LogP contribution in [0.2, 0.25) is 0 Å². The summed E-state index contributed by atoms with van der Waals surface area (Å²) in [6.45, 7) is 3.95. The highest BCUT2D eigenvalue weighted by Gasteiger charge is 2.31. The van der Waals surface area contributed by atoms with E-state index in [0.29, 0.717) is 18.8 Å². The Labute approximate surface area is 150 Å².